The fourth-order valence-electron chi connectivity index (χ4n) is 1.28. The van der Waals surface area contributed by atoms with Crippen LogP contribution in [0.15, 0.2) is 12.3 Å². The maximum absolute atomic E-state index is 12.1. The Morgan fingerprint density at radius 3 is 3.00 bits per heavy atom. The largest absolute Gasteiger partial charge is 0.397 e. The average molecular weight is 253 g/mol. The van der Waals surface area contributed by atoms with Gasteiger partial charge in [0.2, 0.25) is 0 Å². The second-order valence-electron chi connectivity index (χ2n) is 3.72. The van der Waals surface area contributed by atoms with Crippen LogP contribution in [-0.2, 0) is 0 Å². The van der Waals surface area contributed by atoms with Gasteiger partial charge in [-0.15, -0.1) is 0 Å². The minimum Gasteiger partial charge on any atom is -0.397 e. The van der Waals surface area contributed by atoms with E-state index in [0.717, 1.165) is 0 Å². The van der Waals surface area contributed by atoms with Gasteiger partial charge in [0.1, 0.15) is 5.15 Å². The second-order valence-corrected chi connectivity index (χ2v) is 4.11. The van der Waals surface area contributed by atoms with Crippen LogP contribution in [-0.4, -0.2) is 28.9 Å². The molecule has 0 aromatic carbocycles. The summed E-state index contributed by atoms with van der Waals surface area (Å²) < 4.78 is 0. The minimum absolute atomic E-state index is 0.182. The molecule has 5 nitrogen and oxygen atoms in total. The van der Waals surface area contributed by atoms with Crippen molar-refractivity contribution in [3.05, 3.63) is 23.0 Å². The quantitative estimate of drug-likeness (QED) is 0.830. The van der Waals surface area contributed by atoms with Gasteiger partial charge in [-0.25, -0.2) is 4.98 Å². The van der Waals surface area contributed by atoms with Crippen molar-refractivity contribution in [3.8, 4) is 6.07 Å². The summed E-state index contributed by atoms with van der Waals surface area (Å²) in [6.45, 7) is 1.79. The Labute approximate surface area is 105 Å². The summed E-state index contributed by atoms with van der Waals surface area (Å²) in [7, 11) is 1.62. The van der Waals surface area contributed by atoms with Crippen molar-refractivity contribution in [2.45, 2.75) is 19.4 Å². The number of nitrogens with two attached hydrogens (primary N) is 1. The van der Waals surface area contributed by atoms with E-state index in [9.17, 15) is 4.79 Å². The van der Waals surface area contributed by atoms with E-state index in [1.807, 2.05) is 6.07 Å². The van der Waals surface area contributed by atoms with E-state index in [4.69, 9.17) is 22.6 Å². The molecule has 1 aromatic heterocycles. The van der Waals surface area contributed by atoms with Crippen molar-refractivity contribution >= 4 is 23.2 Å². The van der Waals surface area contributed by atoms with Crippen molar-refractivity contribution in [1.29, 1.82) is 5.26 Å². The average Bonchev–Trinajstić information content (AvgIpc) is 2.30. The Kier molecular flexibility index (Phi) is 4.30. The molecule has 0 aliphatic heterocycles. The van der Waals surface area contributed by atoms with E-state index in [2.05, 4.69) is 4.98 Å². The number of rotatable bonds is 3. The van der Waals surface area contributed by atoms with Crippen LogP contribution in [0.25, 0.3) is 0 Å². The number of nitrogens with zero attached hydrogens (tertiary/aromatic N) is 3. The number of nitrogen functional groups attached to an aromatic ring is 1. The van der Waals surface area contributed by atoms with Crippen molar-refractivity contribution < 1.29 is 4.79 Å². The lowest BCUT2D eigenvalue weighted by Crippen LogP contribution is -2.35. The Hall–Kier alpha value is -1.80. The first-order chi connectivity index (χ1) is 7.97. The zero-order valence-electron chi connectivity index (χ0n) is 9.64. The smallest absolute Gasteiger partial charge is 0.256 e. The molecular weight excluding hydrogens is 240 g/mol. The van der Waals surface area contributed by atoms with Gasteiger partial charge in [0.15, 0.2) is 0 Å². The van der Waals surface area contributed by atoms with E-state index in [1.165, 1.54) is 17.2 Å². The van der Waals surface area contributed by atoms with Gasteiger partial charge in [-0.05, 0) is 13.0 Å². The van der Waals surface area contributed by atoms with Crippen molar-refractivity contribution in [3.63, 3.8) is 0 Å². The molecule has 0 radical (unpaired) electrons. The Morgan fingerprint density at radius 2 is 2.41 bits per heavy atom. The molecule has 1 rings (SSSR count). The van der Waals surface area contributed by atoms with E-state index in [0.29, 0.717) is 5.56 Å². The van der Waals surface area contributed by atoms with Crippen LogP contribution in [0.3, 0.4) is 0 Å². The molecule has 17 heavy (non-hydrogen) atoms. The molecule has 1 atom stereocenters. The third kappa shape index (κ3) is 3.08. The fourth-order valence-corrected chi connectivity index (χ4v) is 1.44. The summed E-state index contributed by atoms with van der Waals surface area (Å²) >= 11 is 5.72. The van der Waals surface area contributed by atoms with Crippen LogP contribution in [0.5, 0.6) is 0 Å². The van der Waals surface area contributed by atoms with Gasteiger partial charge in [0.05, 0.1) is 29.9 Å². The first-order valence-electron chi connectivity index (χ1n) is 5.02. The highest BCUT2D eigenvalue weighted by atomic mass is 35.5. The van der Waals surface area contributed by atoms with Gasteiger partial charge < -0.3 is 10.6 Å². The number of amides is 1. The predicted molar refractivity (Wildman–Crippen MR) is 65.4 cm³/mol. The molecule has 0 saturated heterocycles. The molecule has 6 heteroatoms. The molecule has 1 unspecified atom stereocenters. The number of carbonyl (C=O) groups excluding carboxylic acids is 1. The van der Waals surface area contributed by atoms with Gasteiger partial charge in [0, 0.05) is 13.1 Å². The molecule has 0 aliphatic carbocycles. The Balaban J connectivity index is 2.96. The van der Waals surface area contributed by atoms with Crippen LogP contribution >= 0.6 is 11.6 Å². The second kappa shape index (κ2) is 5.51. The molecule has 1 aromatic rings. The van der Waals surface area contributed by atoms with Crippen molar-refractivity contribution in [2.75, 3.05) is 12.8 Å². The van der Waals surface area contributed by atoms with Gasteiger partial charge in [-0.3, -0.25) is 4.79 Å². The van der Waals surface area contributed by atoms with Crippen LogP contribution in [0.4, 0.5) is 5.69 Å². The number of hydrogen-bond acceptors (Lipinski definition) is 4. The number of anilines is 1. The third-order valence-corrected chi connectivity index (χ3v) is 2.71. The molecule has 2 N–H and O–H groups in total. The maximum atomic E-state index is 12.1. The summed E-state index contributed by atoms with van der Waals surface area (Å²) in [4.78, 5) is 17.3. The van der Waals surface area contributed by atoms with Gasteiger partial charge in [-0.2, -0.15) is 5.26 Å². The number of aromatic nitrogens is 1. The highest BCUT2D eigenvalue weighted by molar-refractivity contribution is 6.29. The lowest BCUT2D eigenvalue weighted by molar-refractivity contribution is 0.0747. The standard InChI is InChI=1S/C11H13ClN4O/c1-7(3-4-13)16(2)11(17)8-5-10(12)15-6-9(8)14/h5-7H,3,14H2,1-2H3. The number of nitriles is 1. The van der Waals surface area contributed by atoms with Crippen molar-refractivity contribution in [1.82, 2.24) is 9.88 Å². The Bertz CT molecular complexity index is 469. The Morgan fingerprint density at radius 1 is 1.76 bits per heavy atom. The predicted octanol–water partition coefficient (Wildman–Crippen LogP) is 1.69. The number of carbonyl (C=O) groups is 1. The summed E-state index contributed by atoms with van der Waals surface area (Å²) in [6, 6.07) is 3.26. The molecule has 0 aliphatic rings. The summed E-state index contributed by atoms with van der Waals surface area (Å²) in [6.07, 6.45) is 1.61. The summed E-state index contributed by atoms with van der Waals surface area (Å²) in [5.74, 6) is -0.269. The molecule has 0 bridgehead atoms. The zero-order chi connectivity index (χ0) is 13.0. The number of hydrogen-bond donors (Lipinski definition) is 1. The zero-order valence-corrected chi connectivity index (χ0v) is 10.4. The minimum atomic E-state index is -0.269. The third-order valence-electron chi connectivity index (χ3n) is 2.50. The van der Waals surface area contributed by atoms with Gasteiger partial charge in [-0.1, -0.05) is 11.6 Å². The molecule has 0 spiro atoms. The maximum Gasteiger partial charge on any atom is 0.256 e. The molecule has 0 fully saturated rings. The van der Waals surface area contributed by atoms with Gasteiger partial charge >= 0.3 is 0 Å². The van der Waals surface area contributed by atoms with Crippen LogP contribution in [0.2, 0.25) is 5.15 Å². The fraction of sp³-hybridized carbons (Fsp3) is 0.364. The molecule has 0 saturated carbocycles. The number of pyridine rings is 1. The van der Waals surface area contributed by atoms with E-state index < -0.39 is 0 Å². The van der Waals surface area contributed by atoms with Crippen molar-refractivity contribution in [2.24, 2.45) is 0 Å². The summed E-state index contributed by atoms with van der Waals surface area (Å²) in [5.41, 5.74) is 6.25. The van der Waals surface area contributed by atoms with Gasteiger partial charge in [0.25, 0.3) is 5.91 Å². The highest BCUT2D eigenvalue weighted by Gasteiger charge is 2.19. The lowest BCUT2D eigenvalue weighted by Gasteiger charge is -2.23. The van der Waals surface area contributed by atoms with E-state index in [1.54, 1.807) is 14.0 Å². The van der Waals surface area contributed by atoms with E-state index in [-0.39, 0.29) is 29.2 Å². The summed E-state index contributed by atoms with van der Waals surface area (Å²) in [5, 5.41) is 8.80. The first kappa shape index (κ1) is 13.3. The molecular formula is C11H13ClN4O. The van der Waals surface area contributed by atoms with Crippen LogP contribution in [0.1, 0.15) is 23.7 Å². The highest BCUT2D eigenvalue weighted by Crippen LogP contribution is 2.18. The van der Waals surface area contributed by atoms with Crippen LogP contribution < -0.4 is 5.73 Å². The number of halogens is 1. The molecule has 90 valence electrons. The lowest BCUT2D eigenvalue weighted by atomic mass is 10.1. The molecule has 1 heterocycles. The monoisotopic (exact) mass is 252 g/mol. The SMILES string of the molecule is CC(CC#N)N(C)C(=O)c1cc(Cl)ncc1N. The topological polar surface area (TPSA) is 83.0 Å². The van der Waals surface area contributed by atoms with E-state index >= 15 is 0 Å². The normalized spacial score (nSPS) is 11.6. The first-order valence-corrected chi connectivity index (χ1v) is 5.40. The van der Waals surface area contributed by atoms with Crippen LogP contribution in [0, 0.1) is 11.3 Å². The molecule has 1 amide bonds.